The Hall–Kier alpha value is -2.42. The molecule has 1 heterocycles. The van der Waals surface area contributed by atoms with Crippen molar-refractivity contribution in [2.24, 2.45) is 0 Å². The van der Waals surface area contributed by atoms with E-state index in [-0.39, 0.29) is 5.78 Å². The Morgan fingerprint density at radius 1 is 1.21 bits per heavy atom. The second kappa shape index (κ2) is 5.96. The van der Waals surface area contributed by atoms with Gasteiger partial charge < -0.3 is 4.74 Å². The van der Waals surface area contributed by atoms with E-state index in [1.165, 1.54) is 0 Å². The zero-order valence-electron chi connectivity index (χ0n) is 11.0. The van der Waals surface area contributed by atoms with Gasteiger partial charge in [0.1, 0.15) is 5.75 Å². The van der Waals surface area contributed by atoms with Crippen LogP contribution >= 0.6 is 0 Å². The quantitative estimate of drug-likeness (QED) is 0.620. The fourth-order valence-corrected chi connectivity index (χ4v) is 1.77. The molecular weight excluding hydrogens is 238 g/mol. The molecule has 0 amide bonds. The van der Waals surface area contributed by atoms with Crippen molar-refractivity contribution in [2.75, 3.05) is 7.11 Å². The van der Waals surface area contributed by atoms with E-state index >= 15 is 0 Å². The smallest absolute Gasteiger partial charge is 0.185 e. The van der Waals surface area contributed by atoms with Crippen molar-refractivity contribution in [3.8, 4) is 5.75 Å². The van der Waals surface area contributed by atoms with Gasteiger partial charge in [0.15, 0.2) is 5.78 Å². The zero-order valence-corrected chi connectivity index (χ0v) is 11.0. The van der Waals surface area contributed by atoms with Crippen LogP contribution in [-0.2, 0) is 0 Å². The Labute approximate surface area is 112 Å². The highest BCUT2D eigenvalue weighted by Gasteiger charge is 2.05. The van der Waals surface area contributed by atoms with Crippen LogP contribution in [0.1, 0.15) is 21.5 Å². The molecule has 3 heteroatoms. The number of aryl methyl sites for hydroxylation is 1. The largest absolute Gasteiger partial charge is 0.496 e. The van der Waals surface area contributed by atoms with Crippen molar-refractivity contribution < 1.29 is 9.53 Å². The topological polar surface area (TPSA) is 39.2 Å². The lowest BCUT2D eigenvalue weighted by Gasteiger charge is -2.05. The number of nitrogens with zero attached hydrogens (tertiary/aromatic N) is 1. The van der Waals surface area contributed by atoms with Gasteiger partial charge in [-0.25, -0.2) is 0 Å². The molecule has 0 aliphatic carbocycles. The molecule has 0 fully saturated rings. The normalized spacial score (nSPS) is 10.6. The summed E-state index contributed by atoms with van der Waals surface area (Å²) in [6, 6.07) is 9.11. The van der Waals surface area contributed by atoms with Crippen LogP contribution in [0.3, 0.4) is 0 Å². The number of hydrogen-bond acceptors (Lipinski definition) is 3. The van der Waals surface area contributed by atoms with Gasteiger partial charge in [0.05, 0.1) is 7.11 Å². The summed E-state index contributed by atoms with van der Waals surface area (Å²) in [5.74, 6) is 0.761. The Balaban J connectivity index is 2.16. The lowest BCUT2D eigenvalue weighted by atomic mass is 10.1. The van der Waals surface area contributed by atoms with E-state index < -0.39 is 0 Å². The number of benzene rings is 1. The molecule has 96 valence electrons. The monoisotopic (exact) mass is 253 g/mol. The number of methoxy groups -OCH3 is 1. The molecule has 2 aromatic rings. The Kier molecular flexibility index (Phi) is 4.08. The molecule has 0 aliphatic rings. The van der Waals surface area contributed by atoms with Crippen molar-refractivity contribution >= 4 is 11.9 Å². The lowest BCUT2D eigenvalue weighted by molar-refractivity contribution is 0.104. The first-order valence-corrected chi connectivity index (χ1v) is 5.98. The third kappa shape index (κ3) is 3.28. The molecule has 19 heavy (non-hydrogen) atoms. The SMILES string of the molecule is COc1ccc(C(=O)/C=C/c2ccncc2)cc1C. The average Bonchev–Trinajstić information content (AvgIpc) is 2.45. The standard InChI is InChI=1S/C16H15NO2/c1-12-11-14(4-6-16(12)19-2)15(18)5-3-13-7-9-17-10-8-13/h3-11H,1-2H3/b5-3+. The van der Waals surface area contributed by atoms with E-state index in [0.717, 1.165) is 16.9 Å². The van der Waals surface area contributed by atoms with E-state index in [9.17, 15) is 4.79 Å². The van der Waals surface area contributed by atoms with Crippen molar-refractivity contribution in [1.29, 1.82) is 0 Å². The van der Waals surface area contributed by atoms with Gasteiger partial charge in [0.2, 0.25) is 0 Å². The lowest BCUT2D eigenvalue weighted by Crippen LogP contribution is -1.96. The molecule has 0 N–H and O–H groups in total. The number of aromatic nitrogens is 1. The summed E-state index contributed by atoms with van der Waals surface area (Å²) in [6.07, 6.45) is 6.74. The first-order valence-electron chi connectivity index (χ1n) is 5.98. The summed E-state index contributed by atoms with van der Waals surface area (Å²) in [6.45, 7) is 1.92. The number of rotatable bonds is 4. The summed E-state index contributed by atoms with van der Waals surface area (Å²) in [7, 11) is 1.62. The molecule has 1 aromatic carbocycles. The Morgan fingerprint density at radius 2 is 1.95 bits per heavy atom. The Morgan fingerprint density at radius 3 is 2.58 bits per heavy atom. The summed E-state index contributed by atoms with van der Waals surface area (Å²) in [5.41, 5.74) is 2.56. The second-order valence-electron chi connectivity index (χ2n) is 4.16. The van der Waals surface area contributed by atoms with E-state index in [0.29, 0.717) is 5.56 Å². The molecular formula is C16H15NO2. The first kappa shape index (κ1) is 13.0. The number of hydrogen-bond donors (Lipinski definition) is 0. The molecule has 2 rings (SSSR count). The number of carbonyl (C=O) groups is 1. The van der Waals surface area contributed by atoms with Crippen LogP contribution < -0.4 is 4.74 Å². The van der Waals surface area contributed by atoms with Gasteiger partial charge in [-0.05, 0) is 54.5 Å². The van der Waals surface area contributed by atoms with Gasteiger partial charge in [0, 0.05) is 18.0 Å². The van der Waals surface area contributed by atoms with Crippen LogP contribution in [0, 0.1) is 6.92 Å². The third-order valence-electron chi connectivity index (χ3n) is 2.81. The fraction of sp³-hybridized carbons (Fsp3) is 0.125. The third-order valence-corrected chi connectivity index (χ3v) is 2.81. The summed E-state index contributed by atoms with van der Waals surface area (Å²) >= 11 is 0. The number of pyridine rings is 1. The molecule has 0 saturated carbocycles. The second-order valence-corrected chi connectivity index (χ2v) is 4.16. The summed E-state index contributed by atoms with van der Waals surface area (Å²) < 4.78 is 5.17. The number of ketones is 1. The number of allylic oxidation sites excluding steroid dienone is 1. The summed E-state index contributed by atoms with van der Waals surface area (Å²) in [4.78, 5) is 16.0. The molecule has 0 saturated heterocycles. The van der Waals surface area contributed by atoms with Crippen molar-refractivity contribution in [2.45, 2.75) is 6.92 Å². The van der Waals surface area contributed by atoms with Gasteiger partial charge in [-0.3, -0.25) is 9.78 Å². The molecule has 0 unspecified atom stereocenters. The predicted molar refractivity (Wildman–Crippen MR) is 75.3 cm³/mol. The number of ether oxygens (including phenoxy) is 1. The van der Waals surface area contributed by atoms with Crippen molar-refractivity contribution in [3.63, 3.8) is 0 Å². The van der Waals surface area contributed by atoms with Gasteiger partial charge in [-0.15, -0.1) is 0 Å². The molecule has 0 spiro atoms. The van der Waals surface area contributed by atoms with Crippen LogP contribution in [0.5, 0.6) is 5.75 Å². The molecule has 0 radical (unpaired) electrons. The Bertz CT molecular complexity index is 603. The fourth-order valence-electron chi connectivity index (χ4n) is 1.77. The van der Waals surface area contributed by atoms with Gasteiger partial charge in [-0.2, -0.15) is 0 Å². The van der Waals surface area contributed by atoms with E-state index in [1.54, 1.807) is 37.7 Å². The average molecular weight is 253 g/mol. The predicted octanol–water partition coefficient (Wildman–Crippen LogP) is 3.29. The molecule has 1 aromatic heterocycles. The molecule has 0 atom stereocenters. The minimum atomic E-state index is -0.0254. The van der Waals surface area contributed by atoms with Gasteiger partial charge >= 0.3 is 0 Å². The van der Waals surface area contributed by atoms with Crippen LogP contribution in [0.25, 0.3) is 6.08 Å². The maximum atomic E-state index is 12.0. The van der Waals surface area contributed by atoms with E-state index in [1.807, 2.05) is 31.2 Å². The maximum absolute atomic E-state index is 12.0. The zero-order chi connectivity index (χ0) is 13.7. The first-order chi connectivity index (χ1) is 9.20. The highest BCUT2D eigenvalue weighted by Crippen LogP contribution is 2.19. The maximum Gasteiger partial charge on any atom is 0.185 e. The van der Waals surface area contributed by atoms with E-state index in [4.69, 9.17) is 4.74 Å². The minimum Gasteiger partial charge on any atom is -0.496 e. The minimum absolute atomic E-state index is 0.0254. The van der Waals surface area contributed by atoms with Crippen LogP contribution in [-0.4, -0.2) is 17.9 Å². The molecule has 0 aliphatic heterocycles. The van der Waals surface area contributed by atoms with Gasteiger partial charge in [0.25, 0.3) is 0 Å². The molecule has 3 nitrogen and oxygen atoms in total. The highest BCUT2D eigenvalue weighted by atomic mass is 16.5. The molecule has 0 bridgehead atoms. The van der Waals surface area contributed by atoms with Crippen molar-refractivity contribution in [3.05, 3.63) is 65.5 Å². The van der Waals surface area contributed by atoms with Crippen LogP contribution in [0.4, 0.5) is 0 Å². The van der Waals surface area contributed by atoms with Crippen LogP contribution in [0.15, 0.2) is 48.8 Å². The van der Waals surface area contributed by atoms with Crippen LogP contribution in [0.2, 0.25) is 0 Å². The van der Waals surface area contributed by atoms with Gasteiger partial charge in [-0.1, -0.05) is 6.08 Å². The summed E-state index contributed by atoms with van der Waals surface area (Å²) in [5, 5.41) is 0. The van der Waals surface area contributed by atoms with E-state index in [2.05, 4.69) is 4.98 Å². The highest BCUT2D eigenvalue weighted by molar-refractivity contribution is 6.07. The number of carbonyl (C=O) groups excluding carboxylic acids is 1. The van der Waals surface area contributed by atoms with Crippen molar-refractivity contribution in [1.82, 2.24) is 4.98 Å².